The van der Waals surface area contributed by atoms with Gasteiger partial charge in [0.15, 0.2) is 18.2 Å². The molecule has 0 saturated heterocycles. The van der Waals surface area contributed by atoms with Crippen LogP contribution in [0.5, 0.6) is 0 Å². The van der Waals surface area contributed by atoms with Crippen LogP contribution in [0.1, 0.15) is 13.8 Å². The van der Waals surface area contributed by atoms with E-state index in [-0.39, 0.29) is 11.6 Å². The van der Waals surface area contributed by atoms with Crippen LogP contribution >= 0.6 is 11.8 Å². The Hall–Kier alpha value is -1.04. The van der Waals surface area contributed by atoms with Gasteiger partial charge in [0.1, 0.15) is 6.33 Å². The molecule has 3 nitrogen and oxygen atoms in total. The number of allylic oxidation sites excluding steroid dienone is 1. The predicted molar refractivity (Wildman–Crippen MR) is 61.1 cm³/mol. The minimum Gasteiger partial charge on any atom is -0.478 e. The number of primary amides is 1. The fraction of sp³-hybridized carbons (Fsp3) is 0.500. The molecule has 2 N–H and O–H groups in total. The second-order valence-corrected chi connectivity index (χ2v) is 4.56. The fourth-order valence-corrected chi connectivity index (χ4v) is 1.64. The van der Waals surface area contributed by atoms with Crippen molar-refractivity contribution in [2.24, 2.45) is 5.73 Å². The maximum absolute atomic E-state index is 13.4. The molecule has 6 heteroatoms. The quantitative estimate of drug-likeness (QED) is 0.558. The molecule has 0 aliphatic carbocycles. The predicted octanol–water partition coefficient (Wildman–Crippen LogP) is 2.29. The Labute approximate surface area is 97.7 Å². The number of ether oxygens (including phenoxy) is 1. The highest BCUT2D eigenvalue weighted by Gasteiger charge is 2.10. The molecule has 0 aromatic heterocycles. The molecule has 92 valence electrons. The fourth-order valence-electron chi connectivity index (χ4n) is 0.901. The van der Waals surface area contributed by atoms with E-state index in [0.717, 1.165) is 5.75 Å². The molecule has 0 fully saturated rings. The van der Waals surface area contributed by atoms with E-state index in [2.05, 4.69) is 4.74 Å². The van der Waals surface area contributed by atoms with Crippen molar-refractivity contribution in [2.45, 2.75) is 19.1 Å². The largest absolute Gasteiger partial charge is 0.478 e. The molecule has 0 rings (SSSR count). The van der Waals surface area contributed by atoms with Gasteiger partial charge in [-0.25, -0.2) is 8.78 Å². The van der Waals surface area contributed by atoms with Crippen molar-refractivity contribution in [1.29, 1.82) is 0 Å². The molecule has 16 heavy (non-hydrogen) atoms. The first-order valence-electron chi connectivity index (χ1n) is 4.72. The number of nitrogens with two attached hydrogens (primary N) is 1. The third kappa shape index (κ3) is 6.44. The zero-order valence-electron chi connectivity index (χ0n) is 9.20. The number of hydrogen-bond donors (Lipinski definition) is 1. The first-order chi connectivity index (χ1) is 7.51. The zero-order valence-corrected chi connectivity index (χ0v) is 10.0. The van der Waals surface area contributed by atoms with Gasteiger partial charge in [-0.3, -0.25) is 4.79 Å². The summed E-state index contributed by atoms with van der Waals surface area (Å²) < 4.78 is 30.2. The molecule has 0 saturated carbocycles. The van der Waals surface area contributed by atoms with Gasteiger partial charge >= 0.3 is 0 Å². The van der Waals surface area contributed by atoms with E-state index < -0.39 is 24.1 Å². The normalized spacial score (nSPS) is 14.8. The summed E-state index contributed by atoms with van der Waals surface area (Å²) in [6, 6.07) is 0. The summed E-state index contributed by atoms with van der Waals surface area (Å²) in [6.07, 6.45) is 1.19. The number of hydrogen-bond acceptors (Lipinski definition) is 3. The standard InChI is InChI=1S/C10H15F2NO2S/c1-3-16-7(2)4-8(12)9(5-11)15-6-10(13)14/h4-5,7H,3,6H2,1-2H3,(H2,13,14)/b8-4+,9-5-/t7-/m0/s1. The van der Waals surface area contributed by atoms with Crippen LogP contribution < -0.4 is 5.73 Å². The topological polar surface area (TPSA) is 52.3 Å². The monoisotopic (exact) mass is 251 g/mol. The second-order valence-electron chi connectivity index (χ2n) is 2.90. The van der Waals surface area contributed by atoms with Crippen molar-refractivity contribution < 1.29 is 18.3 Å². The lowest BCUT2D eigenvalue weighted by Gasteiger charge is -2.07. The second kappa shape index (κ2) is 8.15. The Morgan fingerprint density at radius 2 is 2.25 bits per heavy atom. The lowest BCUT2D eigenvalue weighted by molar-refractivity contribution is -0.121. The van der Waals surface area contributed by atoms with Gasteiger partial charge in [-0.05, 0) is 18.8 Å². The van der Waals surface area contributed by atoms with E-state index in [1.54, 1.807) is 6.92 Å². The Kier molecular flexibility index (Phi) is 7.62. The number of thioether (sulfide) groups is 1. The summed E-state index contributed by atoms with van der Waals surface area (Å²) in [5.74, 6) is -1.41. The summed E-state index contributed by atoms with van der Waals surface area (Å²) in [5, 5.41) is -0.0999. The molecule has 0 aromatic rings. The van der Waals surface area contributed by atoms with Crippen molar-refractivity contribution in [3.8, 4) is 0 Å². The highest BCUT2D eigenvalue weighted by molar-refractivity contribution is 8.00. The van der Waals surface area contributed by atoms with E-state index in [1.165, 1.54) is 17.8 Å². The molecular weight excluding hydrogens is 236 g/mol. The molecule has 1 amide bonds. The Morgan fingerprint density at radius 1 is 1.62 bits per heavy atom. The van der Waals surface area contributed by atoms with Crippen molar-refractivity contribution in [2.75, 3.05) is 12.4 Å². The molecule has 0 radical (unpaired) electrons. The lowest BCUT2D eigenvalue weighted by atomic mass is 10.3. The third-order valence-electron chi connectivity index (χ3n) is 1.52. The summed E-state index contributed by atoms with van der Waals surface area (Å²) >= 11 is 1.50. The van der Waals surface area contributed by atoms with Crippen LogP contribution in [0.15, 0.2) is 24.0 Å². The number of halogens is 2. The van der Waals surface area contributed by atoms with E-state index >= 15 is 0 Å². The first-order valence-corrected chi connectivity index (χ1v) is 5.76. The average molecular weight is 251 g/mol. The minimum atomic E-state index is -0.836. The molecule has 1 atom stereocenters. The Balaban J connectivity index is 4.41. The minimum absolute atomic E-state index is 0.0297. The molecule has 0 aromatic carbocycles. The number of carbonyl (C=O) groups excluding carboxylic acids is 1. The molecular formula is C10H15F2NO2S. The van der Waals surface area contributed by atoms with Gasteiger partial charge in [-0.2, -0.15) is 11.8 Å². The van der Waals surface area contributed by atoms with Gasteiger partial charge in [0.05, 0.1) is 0 Å². The van der Waals surface area contributed by atoms with E-state index in [1.807, 2.05) is 6.92 Å². The van der Waals surface area contributed by atoms with Crippen molar-refractivity contribution in [3.63, 3.8) is 0 Å². The summed E-state index contributed by atoms with van der Waals surface area (Å²) in [5.41, 5.74) is 4.78. The molecule has 0 spiro atoms. The van der Waals surface area contributed by atoms with Gasteiger partial charge in [-0.15, -0.1) is 0 Å². The van der Waals surface area contributed by atoms with E-state index in [4.69, 9.17) is 5.73 Å². The smallest absolute Gasteiger partial charge is 0.255 e. The van der Waals surface area contributed by atoms with Gasteiger partial charge in [0.2, 0.25) is 0 Å². The number of carbonyl (C=O) groups is 1. The van der Waals surface area contributed by atoms with Gasteiger partial charge in [0, 0.05) is 5.25 Å². The average Bonchev–Trinajstić information content (AvgIpc) is 2.18. The van der Waals surface area contributed by atoms with Crippen molar-refractivity contribution in [1.82, 2.24) is 0 Å². The summed E-state index contributed by atoms with van der Waals surface area (Å²) in [7, 11) is 0. The van der Waals surface area contributed by atoms with E-state index in [0.29, 0.717) is 0 Å². The van der Waals surface area contributed by atoms with Crippen LogP contribution in [0.2, 0.25) is 0 Å². The Morgan fingerprint density at radius 3 is 2.69 bits per heavy atom. The van der Waals surface area contributed by atoms with Gasteiger partial charge < -0.3 is 10.5 Å². The van der Waals surface area contributed by atoms with Crippen LogP contribution in [0.4, 0.5) is 8.78 Å². The zero-order chi connectivity index (χ0) is 12.6. The van der Waals surface area contributed by atoms with Crippen LogP contribution in [-0.2, 0) is 9.53 Å². The lowest BCUT2D eigenvalue weighted by Crippen LogP contribution is -2.18. The Bertz CT molecular complexity index is 293. The van der Waals surface area contributed by atoms with Gasteiger partial charge in [0.25, 0.3) is 5.91 Å². The number of rotatable bonds is 7. The molecule has 0 bridgehead atoms. The SMILES string of the molecule is CCS[C@@H](C)/C=C(F)\C(=C\F)OCC(N)=O. The van der Waals surface area contributed by atoms with Crippen LogP contribution in [-0.4, -0.2) is 23.5 Å². The maximum Gasteiger partial charge on any atom is 0.255 e. The molecule has 0 aliphatic heterocycles. The molecule has 0 unspecified atom stereocenters. The summed E-state index contributed by atoms with van der Waals surface area (Å²) in [6.45, 7) is 3.16. The number of amides is 1. The van der Waals surface area contributed by atoms with Crippen LogP contribution in [0, 0.1) is 0 Å². The van der Waals surface area contributed by atoms with Crippen molar-refractivity contribution in [3.05, 3.63) is 24.0 Å². The first kappa shape index (κ1) is 15.0. The van der Waals surface area contributed by atoms with Crippen LogP contribution in [0.3, 0.4) is 0 Å². The van der Waals surface area contributed by atoms with Crippen molar-refractivity contribution >= 4 is 17.7 Å². The summed E-state index contributed by atoms with van der Waals surface area (Å²) in [4.78, 5) is 10.4. The van der Waals surface area contributed by atoms with E-state index in [9.17, 15) is 13.6 Å². The highest BCUT2D eigenvalue weighted by atomic mass is 32.2. The third-order valence-corrected chi connectivity index (χ3v) is 2.51. The van der Waals surface area contributed by atoms with Crippen LogP contribution in [0.25, 0.3) is 0 Å². The highest BCUT2D eigenvalue weighted by Crippen LogP contribution is 2.19. The van der Waals surface area contributed by atoms with Gasteiger partial charge in [-0.1, -0.05) is 6.92 Å². The molecule has 0 aliphatic rings. The maximum atomic E-state index is 13.4. The molecule has 0 heterocycles.